The topological polar surface area (TPSA) is 55.8 Å². The summed E-state index contributed by atoms with van der Waals surface area (Å²) < 4.78 is 13.6. The highest BCUT2D eigenvalue weighted by Crippen LogP contribution is 2.52. The number of rotatable bonds is 4. The maximum Gasteiger partial charge on any atom is 0.316 e. The van der Waals surface area contributed by atoms with E-state index in [1.165, 1.54) is 11.9 Å². The zero-order valence-corrected chi connectivity index (χ0v) is 20.9. The molecule has 1 fully saturated rings. The summed E-state index contributed by atoms with van der Waals surface area (Å²) in [5.41, 5.74) is 3.31. The minimum atomic E-state index is -0.670. The Bertz CT molecular complexity index is 897. The first-order valence-electron chi connectivity index (χ1n) is 10.9. The van der Waals surface area contributed by atoms with Crippen LogP contribution in [-0.2, 0) is 19.1 Å². The number of esters is 1. The molecular weight excluding hydrogens is 410 g/mol. The highest BCUT2D eigenvalue weighted by Gasteiger charge is 2.56. The molecule has 6 heteroatoms. The van der Waals surface area contributed by atoms with Crippen molar-refractivity contribution in [3.05, 3.63) is 40.1 Å². The van der Waals surface area contributed by atoms with Gasteiger partial charge in [0.15, 0.2) is 0 Å². The van der Waals surface area contributed by atoms with Gasteiger partial charge in [-0.25, -0.2) is 0 Å². The molecule has 5 nitrogen and oxygen atoms in total. The predicted molar refractivity (Wildman–Crippen MR) is 125 cm³/mol. The van der Waals surface area contributed by atoms with Crippen molar-refractivity contribution in [1.29, 1.82) is 0 Å². The van der Waals surface area contributed by atoms with Crippen LogP contribution in [0.3, 0.4) is 0 Å². The van der Waals surface area contributed by atoms with Crippen LogP contribution in [0.15, 0.2) is 17.9 Å². The quantitative estimate of drug-likeness (QED) is 0.461. The number of methoxy groups -OCH3 is 1. The van der Waals surface area contributed by atoms with Crippen LogP contribution in [-0.4, -0.2) is 41.2 Å². The largest absolute Gasteiger partial charge is 0.427 e. The van der Waals surface area contributed by atoms with Crippen LogP contribution in [0.25, 0.3) is 5.57 Å². The van der Waals surface area contributed by atoms with E-state index in [0.29, 0.717) is 24.2 Å². The lowest BCUT2D eigenvalue weighted by molar-refractivity contribution is -0.150. The second kappa shape index (κ2) is 8.62. The molecule has 1 spiro atoms. The van der Waals surface area contributed by atoms with Crippen LogP contribution in [0.2, 0.25) is 0 Å². The molecule has 0 atom stereocenters. The molecule has 0 radical (unpaired) electrons. The minimum Gasteiger partial charge on any atom is -0.427 e. The summed E-state index contributed by atoms with van der Waals surface area (Å²) in [5.74, 6) is 0.137. The molecule has 0 aromatic heterocycles. The number of amides is 1. The number of ether oxygens (including phenoxy) is 2. The van der Waals surface area contributed by atoms with Gasteiger partial charge in [0.1, 0.15) is 11.3 Å². The standard InChI is InChI=1S/C25H35NO4S/c1-15-13-16(2)19(17(3)14-15)20-21(30-23(28)24(4,5)6)25(26(31-8)22(20)27)11-9-18(29-7)10-12-25/h13-14,18H,9-12H2,1-8H3. The molecule has 1 aliphatic heterocycles. The molecule has 1 aromatic carbocycles. The fourth-order valence-corrected chi connectivity index (χ4v) is 5.77. The van der Waals surface area contributed by atoms with Crippen molar-refractivity contribution in [2.24, 2.45) is 5.41 Å². The Morgan fingerprint density at radius 1 is 1.13 bits per heavy atom. The molecule has 0 unspecified atom stereocenters. The molecular formula is C25H35NO4S. The van der Waals surface area contributed by atoms with Crippen molar-refractivity contribution in [3.8, 4) is 0 Å². The van der Waals surface area contributed by atoms with Gasteiger partial charge in [-0.3, -0.25) is 13.9 Å². The summed E-state index contributed by atoms with van der Waals surface area (Å²) in [7, 11) is 1.73. The lowest BCUT2D eigenvalue weighted by Gasteiger charge is -2.43. The van der Waals surface area contributed by atoms with Gasteiger partial charge in [-0.1, -0.05) is 17.7 Å². The highest BCUT2D eigenvalue weighted by molar-refractivity contribution is 7.96. The van der Waals surface area contributed by atoms with Crippen molar-refractivity contribution in [2.45, 2.75) is 78.9 Å². The Labute approximate surface area is 190 Å². The third kappa shape index (κ3) is 4.17. The number of aryl methyl sites for hydroxylation is 3. The Balaban J connectivity index is 2.25. The first-order chi connectivity index (χ1) is 14.5. The van der Waals surface area contributed by atoms with Gasteiger partial charge in [0.05, 0.1) is 17.1 Å². The summed E-state index contributed by atoms with van der Waals surface area (Å²) in [6.45, 7) is 11.6. The number of carbonyl (C=O) groups is 2. The number of hydrogen-bond donors (Lipinski definition) is 0. The van der Waals surface area contributed by atoms with E-state index < -0.39 is 11.0 Å². The van der Waals surface area contributed by atoms with Crippen LogP contribution in [0.5, 0.6) is 0 Å². The lowest BCUT2D eigenvalue weighted by atomic mass is 9.78. The van der Waals surface area contributed by atoms with Gasteiger partial charge in [-0.05, 0) is 95.9 Å². The van der Waals surface area contributed by atoms with Gasteiger partial charge in [0.2, 0.25) is 0 Å². The lowest BCUT2D eigenvalue weighted by Crippen LogP contribution is -2.49. The van der Waals surface area contributed by atoms with E-state index in [0.717, 1.165) is 35.1 Å². The second-order valence-electron chi connectivity index (χ2n) is 9.87. The second-order valence-corrected chi connectivity index (χ2v) is 10.6. The summed E-state index contributed by atoms with van der Waals surface area (Å²) in [4.78, 5) is 26.9. The fraction of sp³-hybridized carbons (Fsp3) is 0.600. The Morgan fingerprint density at radius 2 is 1.68 bits per heavy atom. The van der Waals surface area contributed by atoms with Crippen molar-refractivity contribution in [1.82, 2.24) is 4.31 Å². The molecule has 1 aliphatic carbocycles. The Hall–Kier alpha value is -1.79. The van der Waals surface area contributed by atoms with Gasteiger partial charge in [-0.2, -0.15) is 0 Å². The number of benzene rings is 1. The minimum absolute atomic E-state index is 0.0740. The smallest absolute Gasteiger partial charge is 0.316 e. The van der Waals surface area contributed by atoms with E-state index in [4.69, 9.17) is 9.47 Å². The number of nitrogens with zero attached hydrogens (tertiary/aromatic N) is 1. The molecule has 31 heavy (non-hydrogen) atoms. The van der Waals surface area contributed by atoms with Gasteiger partial charge in [-0.15, -0.1) is 0 Å². The molecule has 3 rings (SSSR count). The average Bonchev–Trinajstić information content (AvgIpc) is 2.89. The third-order valence-corrected chi connectivity index (χ3v) is 7.33. The maximum atomic E-state index is 13.8. The molecule has 0 saturated heterocycles. The van der Waals surface area contributed by atoms with Crippen LogP contribution in [0, 0.1) is 26.2 Å². The summed E-state index contributed by atoms with van der Waals surface area (Å²) >= 11 is 1.42. The van der Waals surface area contributed by atoms with Gasteiger partial charge < -0.3 is 9.47 Å². The van der Waals surface area contributed by atoms with Crippen molar-refractivity contribution >= 4 is 29.4 Å². The summed E-state index contributed by atoms with van der Waals surface area (Å²) in [5, 5.41) is 0. The third-order valence-electron chi connectivity index (χ3n) is 6.45. The molecule has 1 aromatic rings. The number of hydrogen-bond acceptors (Lipinski definition) is 5. The normalized spacial score (nSPS) is 24.3. The molecule has 2 aliphatic rings. The van der Waals surface area contributed by atoms with Gasteiger partial charge >= 0.3 is 5.97 Å². The molecule has 0 N–H and O–H groups in total. The van der Waals surface area contributed by atoms with E-state index in [1.54, 1.807) is 7.11 Å². The molecule has 1 amide bonds. The van der Waals surface area contributed by atoms with Crippen LogP contribution < -0.4 is 0 Å². The van der Waals surface area contributed by atoms with E-state index in [1.807, 2.05) is 45.2 Å². The SMILES string of the molecule is COC1CCC2(CC1)C(OC(=O)C(C)(C)C)=C(c1c(C)cc(C)cc1C)C(=O)N2SC. The summed E-state index contributed by atoms with van der Waals surface area (Å²) in [6.07, 6.45) is 5.13. The highest BCUT2D eigenvalue weighted by atomic mass is 32.2. The molecule has 170 valence electrons. The predicted octanol–water partition coefficient (Wildman–Crippen LogP) is 5.36. The molecule has 1 heterocycles. The first kappa shape index (κ1) is 23.9. The molecule has 1 saturated carbocycles. The van der Waals surface area contributed by atoms with Gasteiger partial charge in [0, 0.05) is 13.4 Å². The summed E-state index contributed by atoms with van der Waals surface area (Å²) in [6, 6.07) is 4.17. The molecule has 0 bridgehead atoms. The average molecular weight is 446 g/mol. The van der Waals surface area contributed by atoms with Crippen LogP contribution >= 0.6 is 11.9 Å². The van der Waals surface area contributed by atoms with Crippen molar-refractivity contribution in [3.63, 3.8) is 0 Å². The van der Waals surface area contributed by atoms with E-state index in [2.05, 4.69) is 19.1 Å². The first-order valence-corrected chi connectivity index (χ1v) is 12.1. The van der Waals surface area contributed by atoms with Gasteiger partial charge in [0.25, 0.3) is 5.91 Å². The zero-order chi connectivity index (χ0) is 23.1. The van der Waals surface area contributed by atoms with Crippen molar-refractivity contribution in [2.75, 3.05) is 13.4 Å². The number of carbonyl (C=O) groups excluding carboxylic acids is 2. The maximum absolute atomic E-state index is 13.8. The van der Waals surface area contributed by atoms with Crippen molar-refractivity contribution < 1.29 is 19.1 Å². The zero-order valence-electron chi connectivity index (χ0n) is 20.0. The van der Waals surface area contributed by atoms with E-state index in [-0.39, 0.29) is 18.0 Å². The Kier molecular flexibility index (Phi) is 6.64. The monoisotopic (exact) mass is 445 g/mol. The van der Waals surface area contributed by atoms with E-state index >= 15 is 0 Å². The Morgan fingerprint density at radius 3 is 2.13 bits per heavy atom. The fourth-order valence-electron chi connectivity index (χ4n) is 4.90. The van der Waals surface area contributed by atoms with Crippen LogP contribution in [0.1, 0.15) is 68.7 Å². The van der Waals surface area contributed by atoms with E-state index in [9.17, 15) is 9.59 Å². The van der Waals surface area contributed by atoms with Crippen LogP contribution in [0.4, 0.5) is 0 Å².